The van der Waals surface area contributed by atoms with E-state index in [0.29, 0.717) is 19.4 Å². The first-order valence-corrected chi connectivity index (χ1v) is 8.13. The zero-order valence-corrected chi connectivity index (χ0v) is 14.2. The van der Waals surface area contributed by atoms with Gasteiger partial charge in [0.1, 0.15) is 5.75 Å². The first-order valence-electron chi connectivity index (χ1n) is 8.13. The highest BCUT2D eigenvalue weighted by Gasteiger charge is 2.11. The minimum Gasteiger partial charge on any atom is -0.493 e. The first kappa shape index (κ1) is 18.3. The van der Waals surface area contributed by atoms with E-state index >= 15 is 0 Å². The number of nitrogens with one attached hydrogen (secondary N) is 1. The molecule has 1 aromatic heterocycles. The molecular weight excluding hydrogens is 316 g/mol. The fourth-order valence-corrected chi connectivity index (χ4v) is 2.54. The van der Waals surface area contributed by atoms with Crippen LogP contribution in [0.5, 0.6) is 5.75 Å². The zero-order chi connectivity index (χ0) is 18.1. The Labute approximate surface area is 148 Å². The van der Waals surface area contributed by atoms with Crippen molar-refractivity contribution in [3.8, 4) is 18.1 Å². The molecule has 5 heteroatoms. The normalized spacial score (nSPS) is 11.4. The van der Waals surface area contributed by atoms with Gasteiger partial charge < -0.3 is 15.2 Å². The lowest BCUT2D eigenvalue weighted by atomic mass is 9.97. The average molecular weight is 338 g/mol. The van der Waals surface area contributed by atoms with Crippen molar-refractivity contribution in [1.29, 1.82) is 0 Å². The molecule has 2 aromatic rings. The minimum atomic E-state index is -0.877. The Morgan fingerprint density at radius 2 is 2.12 bits per heavy atom. The molecule has 1 heterocycles. The van der Waals surface area contributed by atoms with Crippen LogP contribution in [0, 0.1) is 18.3 Å². The van der Waals surface area contributed by atoms with Crippen LogP contribution in [-0.2, 0) is 17.6 Å². The molecule has 130 valence electrons. The SMILES string of the molecule is C#CC(CC(=O)O)Cc1ccc(OCCc2ncccc2NC)cc1. The second-order valence-electron chi connectivity index (χ2n) is 5.66. The molecule has 1 unspecified atom stereocenters. The smallest absolute Gasteiger partial charge is 0.304 e. The van der Waals surface area contributed by atoms with Crippen LogP contribution in [0.15, 0.2) is 42.6 Å². The van der Waals surface area contributed by atoms with Crippen molar-refractivity contribution >= 4 is 11.7 Å². The predicted molar refractivity (Wildman–Crippen MR) is 97.7 cm³/mol. The van der Waals surface area contributed by atoms with Gasteiger partial charge in [0.2, 0.25) is 0 Å². The van der Waals surface area contributed by atoms with E-state index in [9.17, 15) is 4.79 Å². The number of aromatic nitrogens is 1. The van der Waals surface area contributed by atoms with Crippen molar-refractivity contribution in [1.82, 2.24) is 4.98 Å². The minimum absolute atomic E-state index is 0.0212. The predicted octanol–water partition coefficient (Wildman–Crippen LogP) is 3.01. The van der Waals surface area contributed by atoms with E-state index in [1.807, 2.05) is 43.4 Å². The maximum atomic E-state index is 10.8. The average Bonchev–Trinajstić information content (AvgIpc) is 2.62. The lowest BCUT2D eigenvalue weighted by molar-refractivity contribution is -0.137. The number of rotatable bonds is 9. The van der Waals surface area contributed by atoms with Crippen molar-refractivity contribution in [2.75, 3.05) is 19.0 Å². The van der Waals surface area contributed by atoms with Crippen LogP contribution in [-0.4, -0.2) is 29.7 Å². The first-order chi connectivity index (χ1) is 12.1. The topological polar surface area (TPSA) is 71.5 Å². The number of hydrogen-bond donors (Lipinski definition) is 2. The number of aliphatic carboxylic acids is 1. The van der Waals surface area contributed by atoms with Gasteiger partial charge in [-0.1, -0.05) is 12.1 Å². The molecule has 0 bridgehead atoms. The Balaban J connectivity index is 1.86. The van der Waals surface area contributed by atoms with Crippen LogP contribution in [0.2, 0.25) is 0 Å². The quantitative estimate of drug-likeness (QED) is 0.688. The van der Waals surface area contributed by atoms with Crippen molar-refractivity contribution in [3.05, 3.63) is 53.9 Å². The standard InChI is InChI=1S/C20H22N2O3/c1-3-15(14-20(23)24)13-16-6-8-17(9-7-16)25-12-10-19-18(21-2)5-4-11-22-19/h1,4-9,11,15,21H,10,12-14H2,2H3,(H,23,24). The largest absolute Gasteiger partial charge is 0.493 e. The molecule has 25 heavy (non-hydrogen) atoms. The molecule has 1 aromatic carbocycles. The van der Waals surface area contributed by atoms with Crippen LogP contribution >= 0.6 is 0 Å². The van der Waals surface area contributed by atoms with E-state index in [0.717, 1.165) is 22.7 Å². The zero-order valence-electron chi connectivity index (χ0n) is 14.2. The van der Waals surface area contributed by atoms with Crippen LogP contribution in [0.1, 0.15) is 17.7 Å². The van der Waals surface area contributed by atoms with Gasteiger partial charge in [0.05, 0.1) is 24.4 Å². The van der Waals surface area contributed by atoms with Crippen LogP contribution < -0.4 is 10.1 Å². The number of terminal acetylenes is 1. The summed E-state index contributed by atoms with van der Waals surface area (Å²) in [7, 11) is 1.87. The van der Waals surface area contributed by atoms with E-state index in [-0.39, 0.29) is 12.3 Å². The summed E-state index contributed by atoms with van der Waals surface area (Å²) in [6.45, 7) is 0.525. The van der Waals surface area contributed by atoms with Gasteiger partial charge in [-0.05, 0) is 36.2 Å². The lowest BCUT2D eigenvalue weighted by Crippen LogP contribution is -2.09. The molecule has 0 spiro atoms. The van der Waals surface area contributed by atoms with Crippen LogP contribution in [0.4, 0.5) is 5.69 Å². The van der Waals surface area contributed by atoms with Crippen molar-refractivity contribution < 1.29 is 14.6 Å². The van der Waals surface area contributed by atoms with E-state index < -0.39 is 5.97 Å². The molecule has 0 aliphatic carbocycles. The number of pyridine rings is 1. The molecule has 0 saturated carbocycles. The van der Waals surface area contributed by atoms with E-state index in [1.165, 1.54) is 0 Å². The molecule has 2 rings (SSSR count). The fourth-order valence-electron chi connectivity index (χ4n) is 2.54. The number of carboxylic acid groups (broad SMARTS) is 1. The number of nitrogens with zero attached hydrogens (tertiary/aromatic N) is 1. The molecule has 0 amide bonds. The summed E-state index contributed by atoms with van der Waals surface area (Å²) in [6, 6.07) is 11.5. The summed E-state index contributed by atoms with van der Waals surface area (Å²) in [5, 5.41) is 12.0. The van der Waals surface area contributed by atoms with E-state index in [4.69, 9.17) is 16.3 Å². The Kier molecular flexibility index (Phi) is 6.85. The second kappa shape index (κ2) is 9.33. The molecule has 5 nitrogen and oxygen atoms in total. The van der Waals surface area contributed by atoms with Crippen molar-refractivity contribution in [2.24, 2.45) is 5.92 Å². The van der Waals surface area contributed by atoms with Gasteiger partial charge in [0, 0.05) is 25.6 Å². The van der Waals surface area contributed by atoms with Gasteiger partial charge in [0.25, 0.3) is 0 Å². The molecule has 1 atom stereocenters. The highest BCUT2D eigenvalue weighted by molar-refractivity contribution is 5.67. The van der Waals surface area contributed by atoms with Gasteiger partial charge in [-0.15, -0.1) is 12.3 Å². The van der Waals surface area contributed by atoms with Crippen LogP contribution in [0.3, 0.4) is 0 Å². The molecule has 0 aliphatic rings. The van der Waals surface area contributed by atoms with Crippen molar-refractivity contribution in [3.63, 3.8) is 0 Å². The Bertz CT molecular complexity index is 735. The molecule has 0 radical (unpaired) electrons. The summed E-state index contributed by atoms with van der Waals surface area (Å²) in [4.78, 5) is 15.1. The Morgan fingerprint density at radius 1 is 1.36 bits per heavy atom. The highest BCUT2D eigenvalue weighted by Crippen LogP contribution is 2.18. The van der Waals surface area contributed by atoms with E-state index in [1.54, 1.807) is 6.20 Å². The lowest BCUT2D eigenvalue weighted by Gasteiger charge is -2.11. The van der Waals surface area contributed by atoms with Crippen molar-refractivity contribution in [2.45, 2.75) is 19.3 Å². The van der Waals surface area contributed by atoms with Crippen LogP contribution in [0.25, 0.3) is 0 Å². The second-order valence-corrected chi connectivity index (χ2v) is 5.66. The van der Waals surface area contributed by atoms with E-state index in [2.05, 4.69) is 16.2 Å². The fraction of sp³-hybridized carbons (Fsp3) is 0.300. The third kappa shape index (κ3) is 5.85. The Hall–Kier alpha value is -3.00. The molecular formula is C20H22N2O3. The Morgan fingerprint density at radius 3 is 2.76 bits per heavy atom. The third-order valence-corrected chi connectivity index (χ3v) is 3.83. The van der Waals surface area contributed by atoms with Gasteiger partial charge in [0.15, 0.2) is 0 Å². The number of anilines is 1. The van der Waals surface area contributed by atoms with Gasteiger partial charge in [-0.2, -0.15) is 0 Å². The summed E-state index contributed by atoms with van der Waals surface area (Å²) in [5.74, 6) is 2.13. The van der Waals surface area contributed by atoms with Gasteiger partial charge >= 0.3 is 5.97 Å². The number of ether oxygens (including phenoxy) is 1. The van der Waals surface area contributed by atoms with Gasteiger partial charge in [-0.25, -0.2) is 0 Å². The third-order valence-electron chi connectivity index (χ3n) is 3.83. The summed E-state index contributed by atoms with van der Waals surface area (Å²) < 4.78 is 5.76. The molecule has 0 fully saturated rings. The summed E-state index contributed by atoms with van der Waals surface area (Å²) in [5.41, 5.74) is 2.96. The monoisotopic (exact) mass is 338 g/mol. The summed E-state index contributed by atoms with van der Waals surface area (Å²) in [6.07, 6.45) is 8.39. The highest BCUT2D eigenvalue weighted by atomic mass is 16.5. The maximum Gasteiger partial charge on any atom is 0.304 e. The molecule has 2 N–H and O–H groups in total. The summed E-state index contributed by atoms with van der Waals surface area (Å²) >= 11 is 0. The number of carbonyl (C=O) groups is 1. The molecule has 0 saturated heterocycles. The number of benzene rings is 1. The number of carboxylic acids is 1. The molecule has 0 aliphatic heterocycles. The van der Waals surface area contributed by atoms with Gasteiger partial charge in [-0.3, -0.25) is 9.78 Å². The maximum absolute atomic E-state index is 10.8. The number of hydrogen-bond acceptors (Lipinski definition) is 4.